The molecule has 4 nitrogen and oxygen atoms in total. The Hall–Kier alpha value is -1.68. The van der Waals surface area contributed by atoms with Crippen LogP contribution in [0.5, 0.6) is 0 Å². The van der Waals surface area contributed by atoms with Gasteiger partial charge < -0.3 is 9.64 Å². The number of aryl methyl sites for hydroxylation is 1. The van der Waals surface area contributed by atoms with Crippen molar-refractivity contribution in [2.45, 2.75) is 71.4 Å². The zero-order chi connectivity index (χ0) is 19.4. The number of ether oxygens (including phenoxy) is 1. The molecule has 0 aromatic heterocycles. The van der Waals surface area contributed by atoms with Gasteiger partial charge in [0.1, 0.15) is 0 Å². The highest BCUT2D eigenvalue weighted by molar-refractivity contribution is 6.38. The molecule has 1 aromatic carbocycles. The van der Waals surface area contributed by atoms with Crippen LogP contribution in [0, 0.1) is 11.3 Å². The van der Waals surface area contributed by atoms with Crippen molar-refractivity contribution in [1.82, 2.24) is 4.90 Å². The van der Waals surface area contributed by atoms with Crippen LogP contribution in [0.1, 0.15) is 58.4 Å². The lowest BCUT2D eigenvalue weighted by Gasteiger charge is -2.36. The molecule has 1 aliphatic heterocycles. The van der Waals surface area contributed by atoms with Crippen molar-refractivity contribution in [3.8, 4) is 0 Å². The average molecular weight is 372 g/mol. The van der Waals surface area contributed by atoms with Gasteiger partial charge in [0.25, 0.3) is 5.91 Å². The first-order valence-electron chi connectivity index (χ1n) is 10.4. The van der Waals surface area contributed by atoms with Crippen LogP contribution in [-0.4, -0.2) is 41.9 Å². The Labute approximate surface area is 163 Å². The third-order valence-corrected chi connectivity index (χ3v) is 6.55. The van der Waals surface area contributed by atoms with Gasteiger partial charge in [-0.3, -0.25) is 9.59 Å². The highest BCUT2D eigenvalue weighted by atomic mass is 16.5. The Bertz CT molecular complexity index is 655. The van der Waals surface area contributed by atoms with Crippen LogP contribution in [0.25, 0.3) is 0 Å². The van der Waals surface area contributed by atoms with Crippen molar-refractivity contribution in [2.75, 3.05) is 13.2 Å². The van der Waals surface area contributed by atoms with Gasteiger partial charge >= 0.3 is 0 Å². The van der Waals surface area contributed by atoms with Gasteiger partial charge in [0.15, 0.2) is 0 Å². The fourth-order valence-electron chi connectivity index (χ4n) is 4.42. The quantitative estimate of drug-likeness (QED) is 0.486. The molecule has 148 valence electrons. The van der Waals surface area contributed by atoms with Gasteiger partial charge in [0.05, 0.1) is 12.6 Å². The van der Waals surface area contributed by atoms with Crippen molar-refractivity contribution in [1.29, 1.82) is 0 Å². The number of piperidine rings is 1. The maximum atomic E-state index is 12.9. The predicted molar refractivity (Wildman–Crippen MR) is 106 cm³/mol. The smallest absolute Gasteiger partial charge is 0.291 e. The Morgan fingerprint density at radius 3 is 2.63 bits per heavy atom. The summed E-state index contributed by atoms with van der Waals surface area (Å²) in [5.41, 5.74) is 0.741. The second kappa shape index (κ2) is 8.55. The molecule has 2 aliphatic rings. The maximum absolute atomic E-state index is 12.9. The number of rotatable bonds is 9. The standard InChI is InChI=1S/C23H33NO3/c1-4-23(2,3)21(25)22(26)24-19-13-12-18(15-19)20(24)16-27-14-8-11-17-9-6-5-7-10-17/h5-7,9-10,18-20H,4,8,11-16H2,1-3H3/t18?,19?,20-/m1/s1. The number of fused-ring (bicyclic) bond motifs is 2. The number of hydrogen-bond donors (Lipinski definition) is 0. The van der Waals surface area contributed by atoms with Crippen LogP contribution in [-0.2, 0) is 20.7 Å². The summed E-state index contributed by atoms with van der Waals surface area (Å²) >= 11 is 0. The fraction of sp³-hybridized carbons (Fsp3) is 0.652. The van der Waals surface area contributed by atoms with Crippen LogP contribution in [0.15, 0.2) is 30.3 Å². The molecule has 1 saturated carbocycles. The van der Waals surface area contributed by atoms with E-state index in [-0.39, 0.29) is 23.8 Å². The molecule has 1 aliphatic carbocycles. The molecular weight excluding hydrogens is 338 g/mol. The number of ketones is 1. The number of Topliss-reactive ketones (excluding diaryl/α,β-unsaturated/α-hetero) is 1. The van der Waals surface area contributed by atoms with Crippen molar-refractivity contribution >= 4 is 11.7 Å². The Balaban J connectivity index is 1.52. The molecule has 2 unspecified atom stereocenters. The van der Waals surface area contributed by atoms with Crippen molar-refractivity contribution in [2.24, 2.45) is 11.3 Å². The van der Waals surface area contributed by atoms with Gasteiger partial charge in [-0.15, -0.1) is 0 Å². The van der Waals surface area contributed by atoms with Crippen LogP contribution in [0.3, 0.4) is 0 Å². The minimum absolute atomic E-state index is 0.0737. The molecule has 2 fully saturated rings. The number of hydrogen-bond acceptors (Lipinski definition) is 3. The molecule has 1 aromatic rings. The number of carbonyl (C=O) groups excluding carboxylic acids is 2. The Morgan fingerprint density at radius 1 is 1.19 bits per heavy atom. The van der Waals surface area contributed by atoms with E-state index in [4.69, 9.17) is 4.74 Å². The predicted octanol–water partition coefficient (Wildman–Crippen LogP) is 4.02. The van der Waals surface area contributed by atoms with E-state index in [1.165, 1.54) is 5.56 Å². The first kappa shape index (κ1) is 20.1. The Morgan fingerprint density at radius 2 is 1.93 bits per heavy atom. The topological polar surface area (TPSA) is 46.6 Å². The normalized spacial score (nSPS) is 24.4. The molecule has 4 heteroatoms. The van der Waals surface area contributed by atoms with E-state index in [9.17, 15) is 9.59 Å². The summed E-state index contributed by atoms with van der Waals surface area (Å²) in [6.45, 7) is 6.96. The number of likely N-dealkylation sites (tertiary alicyclic amines) is 1. The van der Waals surface area contributed by atoms with E-state index < -0.39 is 5.41 Å². The summed E-state index contributed by atoms with van der Waals surface area (Å²) in [6, 6.07) is 10.7. The molecule has 0 radical (unpaired) electrons. The monoisotopic (exact) mass is 371 g/mol. The molecule has 3 rings (SSSR count). The van der Waals surface area contributed by atoms with E-state index in [1.54, 1.807) is 0 Å². The number of nitrogens with zero attached hydrogens (tertiary/aromatic N) is 1. The summed E-state index contributed by atoms with van der Waals surface area (Å²) in [5, 5.41) is 0. The third kappa shape index (κ3) is 4.43. The largest absolute Gasteiger partial charge is 0.379 e. The van der Waals surface area contributed by atoms with Gasteiger partial charge in [-0.2, -0.15) is 0 Å². The molecule has 1 amide bonds. The lowest BCUT2D eigenvalue weighted by atomic mass is 9.84. The van der Waals surface area contributed by atoms with E-state index in [1.807, 2.05) is 31.7 Å². The fourth-order valence-corrected chi connectivity index (χ4v) is 4.42. The van der Waals surface area contributed by atoms with Crippen molar-refractivity contribution in [3.05, 3.63) is 35.9 Å². The molecular formula is C23H33NO3. The molecule has 27 heavy (non-hydrogen) atoms. The average Bonchev–Trinajstić information content (AvgIpc) is 3.29. The van der Waals surface area contributed by atoms with E-state index >= 15 is 0 Å². The van der Waals surface area contributed by atoms with Crippen molar-refractivity contribution in [3.63, 3.8) is 0 Å². The number of amides is 1. The highest BCUT2D eigenvalue weighted by Crippen LogP contribution is 2.43. The van der Waals surface area contributed by atoms with E-state index in [2.05, 4.69) is 24.3 Å². The molecule has 1 heterocycles. The first-order chi connectivity index (χ1) is 12.9. The summed E-state index contributed by atoms with van der Waals surface area (Å²) in [7, 11) is 0. The van der Waals surface area contributed by atoms with Crippen molar-refractivity contribution < 1.29 is 14.3 Å². The second-order valence-corrected chi connectivity index (χ2v) is 8.74. The lowest BCUT2D eigenvalue weighted by Crippen LogP contribution is -2.52. The minimum atomic E-state index is -0.583. The SMILES string of the molecule is CCC(C)(C)C(=O)C(=O)N1C2CCC(C2)[C@H]1COCCCc1ccccc1. The zero-order valence-electron chi connectivity index (χ0n) is 16.9. The molecule has 1 saturated heterocycles. The molecule has 3 atom stereocenters. The summed E-state index contributed by atoms with van der Waals surface area (Å²) < 4.78 is 5.96. The lowest BCUT2D eigenvalue weighted by molar-refractivity contribution is -0.153. The van der Waals surface area contributed by atoms with Crippen LogP contribution >= 0.6 is 0 Å². The minimum Gasteiger partial charge on any atom is -0.379 e. The van der Waals surface area contributed by atoms with Gasteiger partial charge in [-0.25, -0.2) is 0 Å². The van der Waals surface area contributed by atoms with Crippen LogP contribution in [0.2, 0.25) is 0 Å². The van der Waals surface area contributed by atoms with Crippen LogP contribution in [0.4, 0.5) is 0 Å². The van der Waals surface area contributed by atoms with E-state index in [0.717, 1.165) is 32.1 Å². The van der Waals surface area contributed by atoms with Gasteiger partial charge in [0, 0.05) is 18.1 Å². The third-order valence-electron chi connectivity index (χ3n) is 6.55. The summed E-state index contributed by atoms with van der Waals surface area (Å²) in [4.78, 5) is 27.5. The second-order valence-electron chi connectivity index (χ2n) is 8.74. The Kier molecular flexibility index (Phi) is 6.36. The highest BCUT2D eigenvalue weighted by Gasteiger charge is 2.50. The van der Waals surface area contributed by atoms with Gasteiger partial charge in [0.2, 0.25) is 5.78 Å². The molecule has 0 spiro atoms. The number of carbonyl (C=O) groups is 2. The van der Waals surface area contributed by atoms with Gasteiger partial charge in [-0.05, 0) is 50.0 Å². The zero-order valence-corrected chi connectivity index (χ0v) is 16.9. The number of benzene rings is 1. The molecule has 0 N–H and O–H groups in total. The summed E-state index contributed by atoms with van der Waals surface area (Å²) in [6.07, 6.45) is 5.87. The van der Waals surface area contributed by atoms with E-state index in [0.29, 0.717) is 25.6 Å². The van der Waals surface area contributed by atoms with Gasteiger partial charge in [-0.1, -0.05) is 51.1 Å². The maximum Gasteiger partial charge on any atom is 0.291 e. The summed E-state index contributed by atoms with van der Waals surface area (Å²) in [5.74, 6) is -0.0378. The molecule has 2 bridgehead atoms. The van der Waals surface area contributed by atoms with Crippen LogP contribution < -0.4 is 0 Å². The first-order valence-corrected chi connectivity index (χ1v) is 10.4.